The Labute approximate surface area is 83.3 Å². The summed E-state index contributed by atoms with van der Waals surface area (Å²) in [5.74, 6) is 0.337. The van der Waals surface area contributed by atoms with Crippen LogP contribution in [0, 0.1) is 0 Å². The molecule has 1 rings (SSSR count). The van der Waals surface area contributed by atoms with Gasteiger partial charge in [0.25, 0.3) is 0 Å². The largest absolute Gasteiger partial charge is 0.415 e. The first-order valence-corrected chi connectivity index (χ1v) is 4.21. The highest BCUT2D eigenvalue weighted by atomic mass is 19.4. The van der Waals surface area contributed by atoms with Crippen molar-refractivity contribution in [3.8, 4) is 0 Å². The second kappa shape index (κ2) is 5.08. The Hall–Kier alpha value is -1.15. The molecule has 0 aliphatic heterocycles. The van der Waals surface area contributed by atoms with Gasteiger partial charge in [-0.05, 0) is 0 Å². The third-order valence-corrected chi connectivity index (χ3v) is 1.64. The van der Waals surface area contributed by atoms with Gasteiger partial charge in [0.1, 0.15) is 0 Å². The van der Waals surface area contributed by atoms with Gasteiger partial charge in [0.05, 0.1) is 0 Å². The molecule has 1 atom stereocenters. The van der Waals surface area contributed by atoms with Crippen LogP contribution in [0.15, 0.2) is 10.9 Å². The smallest absolute Gasteiger partial charge is 0.382 e. The number of rotatable bonds is 5. The molecule has 0 saturated carbocycles. The minimum atomic E-state index is -4.59. The highest BCUT2D eigenvalue weighted by Crippen LogP contribution is 2.18. The van der Waals surface area contributed by atoms with Crippen LogP contribution in [0.25, 0.3) is 0 Å². The summed E-state index contributed by atoms with van der Waals surface area (Å²) in [6, 6.07) is 0. The lowest BCUT2D eigenvalue weighted by molar-refractivity contribution is -0.201. The van der Waals surface area contributed by atoms with E-state index in [1.165, 1.54) is 6.33 Å². The maximum Gasteiger partial charge on any atom is 0.415 e. The fourth-order valence-corrected chi connectivity index (χ4v) is 0.856. The Morgan fingerprint density at radius 2 is 2.27 bits per heavy atom. The van der Waals surface area contributed by atoms with Crippen molar-refractivity contribution in [2.75, 3.05) is 13.1 Å². The zero-order valence-corrected chi connectivity index (χ0v) is 7.66. The van der Waals surface area contributed by atoms with Gasteiger partial charge >= 0.3 is 6.18 Å². The second-order valence-corrected chi connectivity index (χ2v) is 2.85. The molecule has 0 fully saturated rings. The Morgan fingerprint density at radius 3 is 2.80 bits per heavy atom. The van der Waals surface area contributed by atoms with E-state index < -0.39 is 18.8 Å². The van der Waals surface area contributed by atoms with E-state index in [0.717, 1.165) is 0 Å². The van der Waals surface area contributed by atoms with Crippen molar-refractivity contribution >= 4 is 0 Å². The minimum absolute atomic E-state index is 0.231. The van der Waals surface area contributed by atoms with Crippen molar-refractivity contribution < 1.29 is 22.8 Å². The van der Waals surface area contributed by atoms with Crippen molar-refractivity contribution in [1.82, 2.24) is 15.5 Å². The fraction of sp³-hybridized carbons (Fsp3) is 0.714. The molecule has 2 N–H and O–H groups in total. The third kappa shape index (κ3) is 4.26. The molecule has 0 aromatic carbocycles. The third-order valence-electron chi connectivity index (χ3n) is 1.64. The summed E-state index contributed by atoms with van der Waals surface area (Å²) in [5.41, 5.74) is 0. The average molecular weight is 225 g/mol. The first-order chi connectivity index (χ1) is 7.00. The van der Waals surface area contributed by atoms with Crippen LogP contribution in [0.3, 0.4) is 0 Å². The molecular formula is C7H10F3N3O2. The first-order valence-electron chi connectivity index (χ1n) is 4.21. The molecular weight excluding hydrogens is 215 g/mol. The highest BCUT2D eigenvalue weighted by Gasteiger charge is 2.37. The zero-order valence-electron chi connectivity index (χ0n) is 7.66. The predicted molar refractivity (Wildman–Crippen MR) is 42.9 cm³/mol. The number of hydrogen-bond acceptors (Lipinski definition) is 5. The van der Waals surface area contributed by atoms with Gasteiger partial charge in [0, 0.05) is 19.5 Å². The molecule has 0 aliphatic rings. The van der Waals surface area contributed by atoms with E-state index >= 15 is 0 Å². The summed E-state index contributed by atoms with van der Waals surface area (Å²) in [5, 5.41) is 14.4. The molecule has 1 aromatic heterocycles. The Bertz CT molecular complexity index is 276. The highest BCUT2D eigenvalue weighted by molar-refractivity contribution is 4.76. The van der Waals surface area contributed by atoms with Crippen LogP contribution in [0.5, 0.6) is 0 Å². The van der Waals surface area contributed by atoms with Gasteiger partial charge in [-0.2, -0.15) is 18.2 Å². The lowest BCUT2D eigenvalue weighted by Crippen LogP contribution is -2.39. The summed E-state index contributed by atoms with van der Waals surface area (Å²) >= 11 is 0. The second-order valence-electron chi connectivity index (χ2n) is 2.85. The maximum atomic E-state index is 11.8. The molecule has 86 valence electrons. The minimum Gasteiger partial charge on any atom is -0.382 e. The van der Waals surface area contributed by atoms with Crippen LogP contribution in [-0.4, -0.2) is 40.6 Å². The molecule has 0 spiro atoms. The molecule has 0 bridgehead atoms. The monoisotopic (exact) mass is 225 g/mol. The molecule has 8 heteroatoms. The van der Waals surface area contributed by atoms with E-state index in [-0.39, 0.29) is 6.54 Å². The molecule has 1 heterocycles. The summed E-state index contributed by atoms with van der Waals surface area (Å²) in [7, 11) is 0. The lowest BCUT2D eigenvalue weighted by atomic mass is 10.3. The van der Waals surface area contributed by atoms with Crippen molar-refractivity contribution in [3.05, 3.63) is 12.2 Å². The molecule has 0 aliphatic carbocycles. The zero-order chi connectivity index (χ0) is 11.3. The van der Waals surface area contributed by atoms with E-state index in [2.05, 4.69) is 20.0 Å². The van der Waals surface area contributed by atoms with E-state index in [1.807, 2.05) is 0 Å². The van der Waals surface area contributed by atoms with E-state index in [4.69, 9.17) is 5.11 Å². The van der Waals surface area contributed by atoms with Crippen molar-refractivity contribution in [3.63, 3.8) is 0 Å². The molecule has 0 amide bonds. The molecule has 5 nitrogen and oxygen atoms in total. The van der Waals surface area contributed by atoms with Crippen LogP contribution in [-0.2, 0) is 6.42 Å². The van der Waals surface area contributed by atoms with Crippen molar-refractivity contribution in [2.45, 2.75) is 18.7 Å². The summed E-state index contributed by atoms with van der Waals surface area (Å²) in [4.78, 5) is 3.68. The number of nitrogens with one attached hydrogen (secondary N) is 1. The fourth-order valence-electron chi connectivity index (χ4n) is 0.856. The summed E-state index contributed by atoms with van der Waals surface area (Å²) < 4.78 is 40.1. The van der Waals surface area contributed by atoms with Crippen LogP contribution in [0.1, 0.15) is 5.89 Å². The number of aliphatic hydroxyl groups is 1. The predicted octanol–water partition coefficient (Wildman–Crippen LogP) is 0.125. The average Bonchev–Trinajstić information content (AvgIpc) is 2.63. The number of hydrogen-bond donors (Lipinski definition) is 2. The molecule has 1 unspecified atom stereocenters. The standard InChI is InChI=1S/C7H10F3N3O2/c8-7(9,10)5(14)3-11-2-1-6-12-4-13-15-6/h4-5,11,14H,1-3H2. The van der Waals surface area contributed by atoms with Gasteiger partial charge in [-0.15, -0.1) is 0 Å². The van der Waals surface area contributed by atoms with Crippen LogP contribution >= 0.6 is 0 Å². The quantitative estimate of drug-likeness (QED) is 0.697. The van der Waals surface area contributed by atoms with Gasteiger partial charge in [-0.1, -0.05) is 5.16 Å². The molecule has 1 aromatic rings. The summed E-state index contributed by atoms with van der Waals surface area (Å²) in [6.45, 7) is -0.313. The lowest BCUT2D eigenvalue weighted by Gasteiger charge is -2.14. The summed E-state index contributed by atoms with van der Waals surface area (Å²) in [6.07, 6.45) is -5.40. The van der Waals surface area contributed by atoms with Crippen molar-refractivity contribution in [2.24, 2.45) is 0 Å². The van der Waals surface area contributed by atoms with Gasteiger partial charge in [0.15, 0.2) is 12.4 Å². The topological polar surface area (TPSA) is 71.2 Å². The molecule has 0 saturated heterocycles. The van der Waals surface area contributed by atoms with Crippen LogP contribution in [0.2, 0.25) is 0 Å². The van der Waals surface area contributed by atoms with Crippen molar-refractivity contribution in [1.29, 1.82) is 0 Å². The van der Waals surface area contributed by atoms with E-state index in [1.54, 1.807) is 0 Å². The van der Waals surface area contributed by atoms with Crippen LogP contribution < -0.4 is 5.32 Å². The first kappa shape index (κ1) is 11.9. The van der Waals surface area contributed by atoms with Gasteiger partial charge in [-0.25, -0.2) is 0 Å². The molecule has 15 heavy (non-hydrogen) atoms. The van der Waals surface area contributed by atoms with Gasteiger partial charge < -0.3 is 14.9 Å². The van der Waals surface area contributed by atoms with Gasteiger partial charge in [-0.3, -0.25) is 0 Å². The Morgan fingerprint density at radius 1 is 1.53 bits per heavy atom. The van der Waals surface area contributed by atoms with E-state index in [0.29, 0.717) is 12.3 Å². The van der Waals surface area contributed by atoms with Gasteiger partial charge in [0.2, 0.25) is 5.89 Å². The van der Waals surface area contributed by atoms with E-state index in [9.17, 15) is 13.2 Å². The molecule has 0 radical (unpaired) electrons. The number of nitrogens with zero attached hydrogens (tertiary/aromatic N) is 2. The maximum absolute atomic E-state index is 11.8. The number of aromatic nitrogens is 2. The number of aliphatic hydroxyl groups excluding tert-OH is 1. The Kier molecular flexibility index (Phi) is 4.04. The number of alkyl halides is 3. The Balaban J connectivity index is 2.12. The SMILES string of the molecule is OC(CNCCc1ncno1)C(F)(F)F. The normalized spacial score (nSPS) is 14.1. The number of halogens is 3. The van der Waals surface area contributed by atoms with Crippen LogP contribution in [0.4, 0.5) is 13.2 Å².